The van der Waals surface area contributed by atoms with Gasteiger partial charge in [-0.25, -0.2) is 4.72 Å². The van der Waals surface area contributed by atoms with Crippen LogP contribution in [0.25, 0.3) is 0 Å². The minimum absolute atomic E-state index is 0.229. The summed E-state index contributed by atoms with van der Waals surface area (Å²) in [5.74, 6) is 4.17. The molecule has 0 aromatic heterocycles. The first-order valence-electron chi connectivity index (χ1n) is 8.62. The molecule has 1 rings (SSSR count). The minimum atomic E-state index is -2.51. The Hall–Kier alpha value is -1.53. The summed E-state index contributed by atoms with van der Waals surface area (Å²) in [6, 6.07) is 6.10. The van der Waals surface area contributed by atoms with Gasteiger partial charge in [-0.2, -0.15) is 0 Å². The van der Waals surface area contributed by atoms with E-state index >= 15 is 0 Å². The lowest BCUT2D eigenvalue weighted by atomic mass is 9.69. The molecule has 0 fully saturated rings. The number of ether oxygens (including phenoxy) is 1. The molecule has 0 heterocycles. The highest BCUT2D eigenvalue weighted by Crippen LogP contribution is 2.37. The van der Waals surface area contributed by atoms with Crippen molar-refractivity contribution in [3.8, 4) is 5.75 Å². The van der Waals surface area contributed by atoms with E-state index in [4.69, 9.17) is 4.74 Å². The maximum Gasteiger partial charge on any atom is 0.241 e. The standard InChI is InChI=1S/C20H34N2O3S/c1-14-11-12-15(13-16(14)25-8)18(2,3)20(6,7)21-17(23)19(4,5)22-26(9,10)24/h11-13H,9H2,1-8,10H3,(H,21,23)(H,22,24). The van der Waals surface area contributed by atoms with Crippen molar-refractivity contribution in [3.05, 3.63) is 29.3 Å². The smallest absolute Gasteiger partial charge is 0.241 e. The summed E-state index contributed by atoms with van der Waals surface area (Å²) < 4.78 is 20.2. The van der Waals surface area contributed by atoms with Crippen LogP contribution in [0.2, 0.25) is 0 Å². The Morgan fingerprint density at radius 3 is 2.15 bits per heavy atom. The van der Waals surface area contributed by atoms with Crippen molar-refractivity contribution in [2.24, 2.45) is 0 Å². The zero-order valence-corrected chi connectivity index (χ0v) is 18.4. The number of hydrogen-bond donors (Lipinski definition) is 2. The van der Waals surface area contributed by atoms with Crippen LogP contribution in [-0.4, -0.2) is 40.4 Å². The van der Waals surface area contributed by atoms with Crippen molar-refractivity contribution >= 4 is 21.5 Å². The van der Waals surface area contributed by atoms with Gasteiger partial charge < -0.3 is 10.1 Å². The molecule has 2 N–H and O–H groups in total. The van der Waals surface area contributed by atoms with E-state index in [0.717, 1.165) is 16.9 Å². The highest BCUT2D eigenvalue weighted by molar-refractivity contribution is 7.97. The van der Waals surface area contributed by atoms with Gasteiger partial charge in [-0.3, -0.25) is 9.00 Å². The lowest BCUT2D eigenvalue weighted by Crippen LogP contribution is -2.63. The number of nitrogens with one attached hydrogen (secondary N) is 2. The summed E-state index contributed by atoms with van der Waals surface area (Å²) in [4.78, 5) is 12.9. The van der Waals surface area contributed by atoms with Crippen molar-refractivity contribution in [1.82, 2.24) is 10.0 Å². The topological polar surface area (TPSA) is 67.4 Å². The zero-order valence-electron chi connectivity index (χ0n) is 17.6. The van der Waals surface area contributed by atoms with Gasteiger partial charge in [0.1, 0.15) is 11.3 Å². The molecule has 0 aliphatic carbocycles. The van der Waals surface area contributed by atoms with E-state index in [0.29, 0.717) is 0 Å². The minimum Gasteiger partial charge on any atom is -0.496 e. The Morgan fingerprint density at radius 2 is 1.69 bits per heavy atom. The molecule has 0 saturated carbocycles. The lowest BCUT2D eigenvalue weighted by molar-refractivity contribution is -0.128. The number of amides is 1. The molecular weight excluding hydrogens is 348 g/mol. The van der Waals surface area contributed by atoms with Crippen LogP contribution >= 0.6 is 0 Å². The second-order valence-corrected chi connectivity index (χ2v) is 10.8. The Bertz CT molecular complexity index is 778. The maximum absolute atomic E-state index is 12.9. The van der Waals surface area contributed by atoms with Crippen molar-refractivity contribution in [3.63, 3.8) is 0 Å². The molecular formula is C20H34N2O3S. The van der Waals surface area contributed by atoms with Crippen LogP contribution in [0, 0.1) is 6.92 Å². The van der Waals surface area contributed by atoms with Crippen LogP contribution in [0.4, 0.5) is 0 Å². The van der Waals surface area contributed by atoms with E-state index in [2.05, 4.69) is 35.8 Å². The van der Waals surface area contributed by atoms with Crippen molar-refractivity contribution in [2.75, 3.05) is 13.4 Å². The van der Waals surface area contributed by atoms with E-state index in [1.165, 1.54) is 6.26 Å². The summed E-state index contributed by atoms with van der Waals surface area (Å²) in [5, 5.41) is 3.11. The number of methoxy groups -OCH3 is 1. The van der Waals surface area contributed by atoms with Crippen LogP contribution in [0.3, 0.4) is 0 Å². The van der Waals surface area contributed by atoms with E-state index < -0.39 is 20.8 Å². The molecule has 148 valence electrons. The predicted octanol–water partition coefficient (Wildman–Crippen LogP) is 2.81. The van der Waals surface area contributed by atoms with Gasteiger partial charge in [0.2, 0.25) is 5.91 Å². The summed E-state index contributed by atoms with van der Waals surface area (Å²) >= 11 is 0. The average molecular weight is 383 g/mol. The average Bonchev–Trinajstić information content (AvgIpc) is 2.44. The molecule has 1 atom stereocenters. The molecule has 1 aromatic carbocycles. The Balaban J connectivity index is 3.17. The fourth-order valence-electron chi connectivity index (χ4n) is 2.75. The Labute approximate surface area is 159 Å². The van der Waals surface area contributed by atoms with Gasteiger partial charge in [0.25, 0.3) is 0 Å². The third-order valence-corrected chi connectivity index (χ3v) is 6.10. The second kappa shape index (κ2) is 7.24. The summed E-state index contributed by atoms with van der Waals surface area (Å²) in [5.41, 5.74) is 0.169. The van der Waals surface area contributed by atoms with Gasteiger partial charge in [0.05, 0.1) is 7.11 Å². The highest BCUT2D eigenvalue weighted by atomic mass is 32.2. The molecule has 0 bridgehead atoms. The van der Waals surface area contributed by atoms with Gasteiger partial charge in [-0.1, -0.05) is 26.0 Å². The zero-order chi connectivity index (χ0) is 20.6. The molecule has 6 heteroatoms. The molecule has 1 unspecified atom stereocenters. The molecule has 0 aliphatic heterocycles. The van der Waals surface area contributed by atoms with Gasteiger partial charge in [-0.05, 0) is 57.7 Å². The number of hydrogen-bond acceptors (Lipinski definition) is 3. The van der Waals surface area contributed by atoms with Crippen molar-refractivity contribution in [2.45, 2.75) is 65.0 Å². The predicted molar refractivity (Wildman–Crippen MR) is 111 cm³/mol. The van der Waals surface area contributed by atoms with Crippen LogP contribution in [0.1, 0.15) is 52.7 Å². The summed E-state index contributed by atoms with van der Waals surface area (Å²) in [7, 11) is -0.857. The van der Waals surface area contributed by atoms with Gasteiger partial charge in [-0.15, -0.1) is 0 Å². The number of aryl methyl sites for hydroxylation is 1. The van der Waals surface area contributed by atoms with Crippen LogP contribution < -0.4 is 14.8 Å². The van der Waals surface area contributed by atoms with Gasteiger partial charge >= 0.3 is 0 Å². The van der Waals surface area contributed by atoms with E-state index in [1.54, 1.807) is 21.0 Å². The van der Waals surface area contributed by atoms with Crippen LogP contribution in [0.15, 0.2) is 18.2 Å². The molecule has 0 spiro atoms. The molecule has 0 radical (unpaired) electrons. The van der Waals surface area contributed by atoms with Gasteiger partial charge in [0.15, 0.2) is 0 Å². The first-order valence-corrected chi connectivity index (χ1v) is 10.8. The monoisotopic (exact) mass is 382 g/mol. The Morgan fingerprint density at radius 1 is 1.15 bits per heavy atom. The fraction of sp³-hybridized carbons (Fsp3) is 0.600. The SMILES string of the molecule is C=S(C)(=O)NC(C)(C)C(=O)NC(C)(C)C(C)(C)c1ccc(C)c(OC)c1. The summed E-state index contributed by atoms with van der Waals surface area (Å²) in [6.07, 6.45) is 1.48. The lowest BCUT2D eigenvalue weighted by Gasteiger charge is -2.44. The normalized spacial score (nSPS) is 15.3. The molecule has 0 saturated heterocycles. The molecule has 26 heavy (non-hydrogen) atoms. The second-order valence-electron chi connectivity index (χ2n) is 8.62. The molecule has 5 nitrogen and oxygen atoms in total. The van der Waals surface area contributed by atoms with E-state index in [1.807, 2.05) is 32.9 Å². The number of benzene rings is 1. The number of carbonyl (C=O) groups is 1. The van der Waals surface area contributed by atoms with E-state index in [-0.39, 0.29) is 11.3 Å². The first-order chi connectivity index (χ1) is 11.5. The highest BCUT2D eigenvalue weighted by Gasteiger charge is 2.42. The quantitative estimate of drug-likeness (QED) is 0.713. The molecule has 0 aliphatic rings. The maximum atomic E-state index is 12.9. The van der Waals surface area contributed by atoms with Crippen molar-refractivity contribution in [1.29, 1.82) is 0 Å². The van der Waals surface area contributed by atoms with Crippen LogP contribution in [0.5, 0.6) is 5.75 Å². The Kier molecular flexibility index (Phi) is 6.26. The van der Waals surface area contributed by atoms with Gasteiger partial charge in [0, 0.05) is 26.9 Å². The molecule has 1 amide bonds. The van der Waals surface area contributed by atoms with Crippen LogP contribution in [-0.2, 0) is 19.9 Å². The third-order valence-electron chi connectivity index (χ3n) is 5.16. The van der Waals surface area contributed by atoms with Crippen molar-refractivity contribution < 1.29 is 13.7 Å². The fourth-order valence-corrected chi connectivity index (χ4v) is 3.92. The first kappa shape index (κ1) is 22.5. The van der Waals surface area contributed by atoms with E-state index in [9.17, 15) is 9.00 Å². The number of rotatable bonds is 7. The summed E-state index contributed by atoms with van der Waals surface area (Å²) in [6.45, 7) is 13.5. The molecule has 1 aromatic rings. The third kappa shape index (κ3) is 5.01. The number of carbonyl (C=O) groups excluding carboxylic acids is 1. The largest absolute Gasteiger partial charge is 0.496 e.